The Balaban J connectivity index is 1.81. The van der Waals surface area contributed by atoms with Crippen LogP contribution in [0, 0.1) is 0 Å². The summed E-state index contributed by atoms with van der Waals surface area (Å²) in [4.78, 5) is 24.2. The zero-order valence-electron chi connectivity index (χ0n) is 11.8. The van der Waals surface area contributed by atoms with Crippen LogP contribution in [0.5, 0.6) is 0 Å². The summed E-state index contributed by atoms with van der Waals surface area (Å²) in [5, 5.41) is 2.21. The zero-order chi connectivity index (χ0) is 15.2. The van der Waals surface area contributed by atoms with Crippen molar-refractivity contribution in [1.29, 1.82) is 0 Å². The van der Waals surface area contributed by atoms with Crippen molar-refractivity contribution in [3.63, 3.8) is 0 Å². The fourth-order valence-electron chi connectivity index (χ4n) is 2.70. The van der Waals surface area contributed by atoms with Gasteiger partial charge in [-0.2, -0.15) is 0 Å². The van der Waals surface area contributed by atoms with Crippen molar-refractivity contribution in [3.05, 3.63) is 55.1 Å². The molecule has 5 rings (SSSR count). The van der Waals surface area contributed by atoms with Crippen molar-refractivity contribution < 1.29 is 0 Å². The number of rotatable bonds is 1. The summed E-state index contributed by atoms with van der Waals surface area (Å²) in [7, 11) is 0. The van der Waals surface area contributed by atoms with Crippen LogP contribution in [-0.4, -0.2) is 24.9 Å². The summed E-state index contributed by atoms with van der Waals surface area (Å²) < 4.78 is 0. The molecule has 0 saturated carbocycles. The molecule has 0 bridgehead atoms. The van der Waals surface area contributed by atoms with Crippen molar-refractivity contribution in [3.8, 4) is 11.4 Å². The number of aromatic nitrogens is 5. The highest BCUT2D eigenvalue weighted by Gasteiger charge is 2.13. The molecule has 5 nitrogen and oxygen atoms in total. The van der Waals surface area contributed by atoms with Crippen LogP contribution in [-0.2, 0) is 0 Å². The second-order valence-corrected chi connectivity index (χ2v) is 6.08. The highest BCUT2D eigenvalue weighted by atomic mass is 32.1. The SMILES string of the molecule is c1ccc2c(-c3cnc4c(n3)sc3nccnc34)nccc2c1. The van der Waals surface area contributed by atoms with E-state index >= 15 is 0 Å². The fraction of sp³-hybridized carbons (Fsp3) is 0. The lowest BCUT2D eigenvalue weighted by atomic mass is 10.1. The van der Waals surface area contributed by atoms with E-state index in [4.69, 9.17) is 4.98 Å². The fourth-order valence-corrected chi connectivity index (χ4v) is 3.63. The molecule has 0 N–H and O–H groups in total. The molecule has 1 aromatic carbocycles. The molecule has 0 radical (unpaired) electrons. The van der Waals surface area contributed by atoms with Crippen molar-refractivity contribution in [2.24, 2.45) is 0 Å². The number of thiophene rings is 1. The van der Waals surface area contributed by atoms with E-state index in [1.54, 1.807) is 24.8 Å². The molecular formula is C17H9N5S. The molecule has 6 heteroatoms. The average molecular weight is 315 g/mol. The minimum atomic E-state index is 0.765. The molecule has 108 valence electrons. The molecule has 0 fully saturated rings. The lowest BCUT2D eigenvalue weighted by Gasteiger charge is -2.04. The summed E-state index contributed by atoms with van der Waals surface area (Å²) in [6, 6.07) is 10.1. The van der Waals surface area contributed by atoms with Gasteiger partial charge in [0, 0.05) is 24.0 Å². The Morgan fingerprint density at radius 3 is 2.61 bits per heavy atom. The van der Waals surface area contributed by atoms with E-state index in [1.165, 1.54) is 11.3 Å². The molecule has 0 aliphatic carbocycles. The van der Waals surface area contributed by atoms with Crippen molar-refractivity contribution in [2.75, 3.05) is 0 Å². The van der Waals surface area contributed by atoms with Gasteiger partial charge in [0.25, 0.3) is 0 Å². The average Bonchev–Trinajstić information content (AvgIpc) is 2.99. The third-order valence-electron chi connectivity index (χ3n) is 3.74. The number of nitrogens with zero attached hydrogens (tertiary/aromatic N) is 5. The van der Waals surface area contributed by atoms with Gasteiger partial charge in [-0.25, -0.2) is 19.9 Å². The minimum absolute atomic E-state index is 0.765. The Bertz CT molecular complexity index is 1180. The largest absolute Gasteiger partial charge is 0.254 e. The summed E-state index contributed by atoms with van der Waals surface area (Å²) >= 11 is 1.50. The Labute approximate surface area is 134 Å². The first kappa shape index (κ1) is 12.5. The number of benzene rings is 1. The molecule has 0 amide bonds. The maximum Gasteiger partial charge on any atom is 0.146 e. The van der Waals surface area contributed by atoms with E-state index in [1.807, 2.05) is 18.2 Å². The standard InChI is InChI=1S/C17H9N5S/c1-2-4-11-10(3-1)5-6-18-13(11)12-9-21-15-14-16(20-8-7-19-14)23-17(15)22-12/h1-9H. The van der Waals surface area contributed by atoms with Crippen LogP contribution >= 0.6 is 11.3 Å². The zero-order valence-corrected chi connectivity index (χ0v) is 12.7. The maximum absolute atomic E-state index is 4.75. The summed E-state index contributed by atoms with van der Waals surface area (Å²) in [5.74, 6) is 0. The highest BCUT2D eigenvalue weighted by Crippen LogP contribution is 2.31. The molecule has 4 heterocycles. The number of pyridine rings is 1. The van der Waals surface area contributed by atoms with Crippen LogP contribution in [0.3, 0.4) is 0 Å². The predicted octanol–water partition coefficient (Wildman–Crippen LogP) is 3.85. The Kier molecular flexibility index (Phi) is 2.59. The first-order valence-corrected chi connectivity index (χ1v) is 7.92. The predicted molar refractivity (Wildman–Crippen MR) is 91.2 cm³/mol. The molecule has 4 aromatic heterocycles. The molecule has 0 unspecified atom stereocenters. The van der Waals surface area contributed by atoms with Gasteiger partial charge in [0.05, 0.1) is 11.9 Å². The van der Waals surface area contributed by atoms with Gasteiger partial charge in [-0.05, 0) is 11.5 Å². The minimum Gasteiger partial charge on any atom is -0.254 e. The Morgan fingerprint density at radius 1 is 0.739 bits per heavy atom. The van der Waals surface area contributed by atoms with Gasteiger partial charge in [-0.15, -0.1) is 0 Å². The van der Waals surface area contributed by atoms with Crippen LogP contribution in [0.25, 0.3) is 42.9 Å². The van der Waals surface area contributed by atoms with Crippen molar-refractivity contribution in [1.82, 2.24) is 24.9 Å². The van der Waals surface area contributed by atoms with E-state index in [0.717, 1.165) is 42.9 Å². The quantitative estimate of drug-likeness (QED) is 0.470. The number of hydrogen-bond acceptors (Lipinski definition) is 6. The number of fused-ring (bicyclic) bond motifs is 4. The molecule has 23 heavy (non-hydrogen) atoms. The Hall–Kier alpha value is -2.99. The van der Waals surface area contributed by atoms with E-state index < -0.39 is 0 Å². The lowest BCUT2D eigenvalue weighted by Crippen LogP contribution is -1.90. The molecule has 5 aromatic rings. The summed E-state index contributed by atoms with van der Waals surface area (Å²) in [6.07, 6.45) is 6.93. The first-order chi connectivity index (χ1) is 11.4. The van der Waals surface area contributed by atoms with Gasteiger partial charge in [0.2, 0.25) is 0 Å². The molecule has 0 aliphatic rings. The molecular weight excluding hydrogens is 306 g/mol. The van der Waals surface area contributed by atoms with Gasteiger partial charge >= 0.3 is 0 Å². The second kappa shape index (κ2) is 4.76. The smallest absolute Gasteiger partial charge is 0.146 e. The normalized spacial score (nSPS) is 11.5. The van der Waals surface area contributed by atoms with E-state index in [9.17, 15) is 0 Å². The maximum atomic E-state index is 4.75. The van der Waals surface area contributed by atoms with Crippen LogP contribution in [0.2, 0.25) is 0 Å². The molecule has 0 spiro atoms. The summed E-state index contributed by atoms with van der Waals surface area (Å²) in [6.45, 7) is 0. The molecule has 0 aliphatic heterocycles. The van der Waals surface area contributed by atoms with Crippen molar-refractivity contribution in [2.45, 2.75) is 0 Å². The van der Waals surface area contributed by atoms with E-state index in [2.05, 4.69) is 32.1 Å². The topological polar surface area (TPSA) is 64.5 Å². The van der Waals surface area contributed by atoms with Gasteiger partial charge < -0.3 is 0 Å². The van der Waals surface area contributed by atoms with Gasteiger partial charge in [0.1, 0.15) is 26.4 Å². The highest BCUT2D eigenvalue weighted by molar-refractivity contribution is 7.24. The Morgan fingerprint density at radius 2 is 1.61 bits per heavy atom. The van der Waals surface area contributed by atoms with E-state index in [-0.39, 0.29) is 0 Å². The van der Waals surface area contributed by atoms with E-state index in [0.29, 0.717) is 0 Å². The lowest BCUT2D eigenvalue weighted by molar-refractivity contribution is 1.26. The molecule has 0 saturated heterocycles. The summed E-state index contributed by atoms with van der Waals surface area (Å²) in [5.41, 5.74) is 3.20. The van der Waals surface area contributed by atoms with Crippen LogP contribution < -0.4 is 0 Å². The van der Waals surface area contributed by atoms with Crippen LogP contribution in [0.1, 0.15) is 0 Å². The van der Waals surface area contributed by atoms with Crippen molar-refractivity contribution >= 4 is 42.8 Å². The van der Waals surface area contributed by atoms with Gasteiger partial charge in [-0.3, -0.25) is 4.98 Å². The monoisotopic (exact) mass is 315 g/mol. The van der Waals surface area contributed by atoms with Gasteiger partial charge in [-0.1, -0.05) is 35.6 Å². The number of hydrogen-bond donors (Lipinski definition) is 0. The molecule has 0 atom stereocenters. The van der Waals surface area contributed by atoms with Crippen LogP contribution in [0.4, 0.5) is 0 Å². The van der Waals surface area contributed by atoms with Gasteiger partial charge in [0.15, 0.2) is 0 Å². The third-order valence-corrected chi connectivity index (χ3v) is 4.71. The third kappa shape index (κ3) is 1.89. The van der Waals surface area contributed by atoms with Crippen LogP contribution in [0.15, 0.2) is 55.1 Å². The second-order valence-electron chi connectivity index (χ2n) is 5.10. The first-order valence-electron chi connectivity index (χ1n) is 7.10.